The SMILES string of the molecule is S=c1nn[nH]n1CCCOc1ccccc1. The van der Waals surface area contributed by atoms with Crippen molar-refractivity contribution in [3.63, 3.8) is 0 Å². The van der Waals surface area contributed by atoms with E-state index in [2.05, 4.69) is 15.5 Å². The summed E-state index contributed by atoms with van der Waals surface area (Å²) in [5.74, 6) is 0.883. The van der Waals surface area contributed by atoms with E-state index in [-0.39, 0.29) is 0 Å². The molecule has 1 heterocycles. The Labute approximate surface area is 98.0 Å². The maximum absolute atomic E-state index is 5.54. The van der Waals surface area contributed by atoms with Crippen molar-refractivity contribution in [2.75, 3.05) is 6.61 Å². The lowest BCUT2D eigenvalue weighted by Gasteiger charge is -2.05. The maximum Gasteiger partial charge on any atom is 0.238 e. The number of aromatic nitrogens is 4. The lowest BCUT2D eigenvalue weighted by atomic mass is 10.3. The average molecular weight is 236 g/mol. The molecule has 0 aliphatic carbocycles. The van der Waals surface area contributed by atoms with Crippen LogP contribution in [0.2, 0.25) is 0 Å². The second-order valence-electron chi connectivity index (χ2n) is 3.25. The molecular weight excluding hydrogens is 224 g/mol. The van der Waals surface area contributed by atoms with Crippen molar-refractivity contribution in [1.29, 1.82) is 0 Å². The van der Waals surface area contributed by atoms with Crippen molar-refractivity contribution in [2.24, 2.45) is 0 Å². The molecule has 0 aliphatic rings. The number of aryl methyl sites for hydroxylation is 1. The first-order valence-electron chi connectivity index (χ1n) is 5.02. The summed E-state index contributed by atoms with van der Waals surface area (Å²) in [4.78, 5) is 0. The van der Waals surface area contributed by atoms with Crippen LogP contribution in [0.15, 0.2) is 30.3 Å². The molecule has 0 saturated heterocycles. The Bertz CT molecular complexity index is 479. The smallest absolute Gasteiger partial charge is 0.238 e. The highest BCUT2D eigenvalue weighted by molar-refractivity contribution is 7.71. The van der Waals surface area contributed by atoms with Gasteiger partial charge in [0.1, 0.15) is 5.75 Å². The first-order valence-corrected chi connectivity index (χ1v) is 5.43. The van der Waals surface area contributed by atoms with Crippen LogP contribution in [0.25, 0.3) is 0 Å². The Morgan fingerprint density at radius 1 is 1.31 bits per heavy atom. The van der Waals surface area contributed by atoms with Crippen LogP contribution in [-0.4, -0.2) is 26.8 Å². The molecule has 2 rings (SSSR count). The highest BCUT2D eigenvalue weighted by atomic mass is 32.1. The van der Waals surface area contributed by atoms with Crippen molar-refractivity contribution in [2.45, 2.75) is 13.0 Å². The Kier molecular flexibility index (Phi) is 3.66. The predicted molar refractivity (Wildman–Crippen MR) is 61.8 cm³/mol. The molecule has 0 saturated carbocycles. The Morgan fingerprint density at radius 2 is 2.12 bits per heavy atom. The molecule has 0 aliphatic heterocycles. The largest absolute Gasteiger partial charge is 0.494 e. The van der Waals surface area contributed by atoms with Gasteiger partial charge in [-0.1, -0.05) is 28.5 Å². The normalized spacial score (nSPS) is 10.2. The third-order valence-electron chi connectivity index (χ3n) is 2.07. The molecule has 1 N–H and O–H groups in total. The van der Waals surface area contributed by atoms with Gasteiger partial charge in [-0.25, -0.2) is 4.68 Å². The van der Waals surface area contributed by atoms with Crippen LogP contribution in [0.5, 0.6) is 5.75 Å². The quantitative estimate of drug-likeness (QED) is 0.635. The molecule has 0 unspecified atom stereocenters. The number of H-pyrrole nitrogens is 1. The third-order valence-corrected chi connectivity index (χ3v) is 2.37. The van der Waals surface area contributed by atoms with Gasteiger partial charge in [0.05, 0.1) is 6.61 Å². The highest BCUT2D eigenvalue weighted by Crippen LogP contribution is 2.08. The van der Waals surface area contributed by atoms with Crippen LogP contribution < -0.4 is 4.74 Å². The number of nitrogens with zero attached hydrogens (tertiary/aromatic N) is 3. The molecule has 0 bridgehead atoms. The van der Waals surface area contributed by atoms with Gasteiger partial charge in [0.2, 0.25) is 4.77 Å². The monoisotopic (exact) mass is 236 g/mol. The minimum Gasteiger partial charge on any atom is -0.494 e. The van der Waals surface area contributed by atoms with Crippen LogP contribution in [0, 0.1) is 4.77 Å². The fraction of sp³-hybridized carbons (Fsp3) is 0.300. The number of aromatic amines is 1. The summed E-state index contributed by atoms with van der Waals surface area (Å²) in [6.45, 7) is 1.38. The lowest BCUT2D eigenvalue weighted by Crippen LogP contribution is -2.06. The van der Waals surface area contributed by atoms with E-state index >= 15 is 0 Å². The van der Waals surface area contributed by atoms with Gasteiger partial charge >= 0.3 is 0 Å². The molecule has 1 aromatic carbocycles. The zero-order valence-electron chi connectivity index (χ0n) is 8.67. The minimum atomic E-state index is 0.472. The van der Waals surface area contributed by atoms with Crippen molar-refractivity contribution < 1.29 is 4.74 Å². The fourth-order valence-electron chi connectivity index (χ4n) is 1.29. The number of nitrogens with one attached hydrogen (secondary N) is 1. The van der Waals surface area contributed by atoms with Crippen molar-refractivity contribution in [3.05, 3.63) is 35.1 Å². The molecule has 0 radical (unpaired) electrons. The van der Waals surface area contributed by atoms with Crippen LogP contribution >= 0.6 is 12.2 Å². The van der Waals surface area contributed by atoms with Gasteiger partial charge < -0.3 is 4.74 Å². The summed E-state index contributed by atoms with van der Waals surface area (Å²) >= 11 is 4.95. The second kappa shape index (κ2) is 5.41. The summed E-state index contributed by atoms with van der Waals surface area (Å²) in [5.41, 5.74) is 0. The van der Waals surface area contributed by atoms with Gasteiger partial charge in [0, 0.05) is 13.0 Å². The maximum atomic E-state index is 5.54. The molecule has 6 heteroatoms. The number of ether oxygens (including phenoxy) is 1. The third kappa shape index (κ3) is 2.90. The molecule has 0 spiro atoms. The predicted octanol–water partition coefficient (Wildman–Crippen LogP) is 1.80. The molecule has 0 amide bonds. The van der Waals surface area contributed by atoms with Gasteiger partial charge in [-0.05, 0) is 24.4 Å². The van der Waals surface area contributed by atoms with Crippen molar-refractivity contribution in [1.82, 2.24) is 20.2 Å². The van der Waals surface area contributed by atoms with Crippen molar-refractivity contribution in [3.8, 4) is 5.75 Å². The Balaban J connectivity index is 1.74. The summed E-state index contributed by atoms with van der Waals surface area (Å²) in [6, 6.07) is 9.73. The van der Waals surface area contributed by atoms with E-state index in [0.717, 1.165) is 18.7 Å². The zero-order valence-corrected chi connectivity index (χ0v) is 9.48. The first kappa shape index (κ1) is 10.8. The van der Waals surface area contributed by atoms with Gasteiger partial charge in [0.15, 0.2) is 0 Å². The van der Waals surface area contributed by atoms with Gasteiger partial charge in [-0.3, -0.25) is 0 Å². The summed E-state index contributed by atoms with van der Waals surface area (Å²) < 4.78 is 7.73. The van der Waals surface area contributed by atoms with Crippen molar-refractivity contribution >= 4 is 12.2 Å². The van der Waals surface area contributed by atoms with E-state index in [1.54, 1.807) is 4.68 Å². The molecule has 5 nitrogen and oxygen atoms in total. The van der Waals surface area contributed by atoms with Crippen LogP contribution in [-0.2, 0) is 6.54 Å². The van der Waals surface area contributed by atoms with Gasteiger partial charge in [-0.2, -0.15) is 5.21 Å². The van der Waals surface area contributed by atoms with E-state index in [4.69, 9.17) is 17.0 Å². The van der Waals surface area contributed by atoms with Crippen LogP contribution in [0.4, 0.5) is 0 Å². The highest BCUT2D eigenvalue weighted by Gasteiger charge is 1.96. The topological polar surface area (TPSA) is 55.7 Å². The van der Waals surface area contributed by atoms with Gasteiger partial charge in [0.25, 0.3) is 0 Å². The number of para-hydroxylation sites is 1. The molecule has 84 valence electrons. The van der Waals surface area contributed by atoms with E-state index in [9.17, 15) is 0 Å². The Morgan fingerprint density at radius 3 is 2.81 bits per heavy atom. The second-order valence-corrected chi connectivity index (χ2v) is 3.61. The fourth-order valence-corrected chi connectivity index (χ4v) is 1.46. The lowest BCUT2D eigenvalue weighted by molar-refractivity contribution is 0.297. The molecule has 0 fully saturated rings. The number of benzene rings is 1. The zero-order chi connectivity index (χ0) is 11.2. The first-order chi connectivity index (χ1) is 7.86. The minimum absolute atomic E-state index is 0.472. The van der Waals surface area contributed by atoms with E-state index in [1.807, 2.05) is 30.3 Å². The van der Waals surface area contributed by atoms with E-state index in [0.29, 0.717) is 11.4 Å². The molecule has 2 aromatic rings. The summed E-state index contributed by atoms with van der Waals surface area (Å²) in [6.07, 6.45) is 0.854. The number of tetrazole rings is 1. The van der Waals surface area contributed by atoms with E-state index in [1.165, 1.54) is 0 Å². The Hall–Kier alpha value is -1.69. The van der Waals surface area contributed by atoms with Gasteiger partial charge in [-0.15, -0.1) is 0 Å². The molecular formula is C10H12N4OS. The van der Waals surface area contributed by atoms with Crippen LogP contribution in [0.1, 0.15) is 6.42 Å². The molecule has 1 aromatic heterocycles. The molecule has 0 atom stereocenters. The van der Waals surface area contributed by atoms with E-state index < -0.39 is 0 Å². The summed E-state index contributed by atoms with van der Waals surface area (Å²) in [5, 5.41) is 9.99. The molecule has 16 heavy (non-hydrogen) atoms. The number of hydrogen-bond acceptors (Lipinski definition) is 4. The average Bonchev–Trinajstić information content (AvgIpc) is 2.72. The summed E-state index contributed by atoms with van der Waals surface area (Å²) in [7, 11) is 0. The van der Waals surface area contributed by atoms with Crippen LogP contribution in [0.3, 0.4) is 0 Å². The standard InChI is InChI=1S/C10H12N4OS/c16-10-11-12-13-14(10)7-4-8-15-9-5-2-1-3-6-9/h1-3,5-6H,4,7-8H2,(H,11,13,16). The number of rotatable bonds is 5. The number of hydrogen-bond donors (Lipinski definition) is 1.